The molecule has 138 valence electrons. The standard InChI is InChI=1S/C24H35F/c1-2-19-6-10-21(11-7-19)23-14-16-24(17-15-23)22-12-8-20(9-13-22)5-3-4-18-25/h4,6-7,10-11,18,20,22-24H,2-3,5,8-9,12-17H2,1H3/b18-4+. The summed E-state index contributed by atoms with van der Waals surface area (Å²) in [4.78, 5) is 0. The van der Waals surface area contributed by atoms with E-state index < -0.39 is 0 Å². The number of allylic oxidation sites excluding steroid dienone is 1. The van der Waals surface area contributed by atoms with Crippen LogP contribution in [-0.2, 0) is 6.42 Å². The van der Waals surface area contributed by atoms with Gasteiger partial charge in [0, 0.05) is 0 Å². The summed E-state index contributed by atoms with van der Waals surface area (Å²) >= 11 is 0. The number of hydrogen-bond donors (Lipinski definition) is 0. The van der Waals surface area contributed by atoms with Gasteiger partial charge < -0.3 is 0 Å². The molecule has 1 heteroatoms. The average Bonchev–Trinajstić information content (AvgIpc) is 2.69. The van der Waals surface area contributed by atoms with Crippen molar-refractivity contribution in [2.24, 2.45) is 17.8 Å². The van der Waals surface area contributed by atoms with Crippen LogP contribution in [0.2, 0.25) is 0 Å². The van der Waals surface area contributed by atoms with Crippen molar-refractivity contribution < 1.29 is 4.39 Å². The number of halogens is 1. The monoisotopic (exact) mass is 342 g/mol. The molecule has 0 unspecified atom stereocenters. The van der Waals surface area contributed by atoms with Crippen LogP contribution >= 0.6 is 0 Å². The van der Waals surface area contributed by atoms with E-state index in [1.165, 1.54) is 63.4 Å². The van der Waals surface area contributed by atoms with E-state index in [1.54, 1.807) is 11.6 Å². The lowest BCUT2D eigenvalue weighted by Gasteiger charge is -2.38. The van der Waals surface area contributed by atoms with E-state index in [9.17, 15) is 4.39 Å². The van der Waals surface area contributed by atoms with Crippen LogP contribution in [0.15, 0.2) is 36.7 Å². The highest BCUT2D eigenvalue weighted by Crippen LogP contribution is 2.44. The van der Waals surface area contributed by atoms with E-state index in [2.05, 4.69) is 31.2 Å². The normalized spacial score (nSPS) is 30.6. The first-order valence-corrected chi connectivity index (χ1v) is 10.6. The molecule has 0 aliphatic heterocycles. The zero-order valence-corrected chi connectivity index (χ0v) is 15.9. The molecule has 1 aromatic rings. The van der Waals surface area contributed by atoms with Gasteiger partial charge in [-0.3, -0.25) is 0 Å². The van der Waals surface area contributed by atoms with Crippen LogP contribution in [0.3, 0.4) is 0 Å². The van der Waals surface area contributed by atoms with Gasteiger partial charge in [0.15, 0.2) is 0 Å². The van der Waals surface area contributed by atoms with Gasteiger partial charge in [-0.2, -0.15) is 0 Å². The molecule has 2 aliphatic rings. The van der Waals surface area contributed by atoms with Crippen molar-refractivity contribution in [1.29, 1.82) is 0 Å². The highest BCUT2D eigenvalue weighted by atomic mass is 19.1. The third kappa shape index (κ3) is 5.19. The van der Waals surface area contributed by atoms with Crippen molar-refractivity contribution in [3.63, 3.8) is 0 Å². The number of hydrogen-bond acceptors (Lipinski definition) is 0. The number of benzene rings is 1. The van der Waals surface area contributed by atoms with Crippen molar-refractivity contribution in [2.75, 3.05) is 0 Å². The first kappa shape index (κ1) is 18.7. The van der Waals surface area contributed by atoms with Gasteiger partial charge in [-0.05, 0) is 92.6 Å². The van der Waals surface area contributed by atoms with Gasteiger partial charge in [0.05, 0.1) is 6.33 Å². The summed E-state index contributed by atoms with van der Waals surface area (Å²) in [5.41, 5.74) is 3.02. The minimum absolute atomic E-state index is 0.708. The minimum Gasteiger partial charge on any atom is -0.216 e. The molecule has 2 fully saturated rings. The smallest absolute Gasteiger partial charge is 0.0827 e. The molecule has 0 nitrogen and oxygen atoms in total. The highest BCUT2D eigenvalue weighted by molar-refractivity contribution is 5.25. The van der Waals surface area contributed by atoms with Crippen molar-refractivity contribution in [3.8, 4) is 0 Å². The Morgan fingerprint density at radius 3 is 2.04 bits per heavy atom. The van der Waals surface area contributed by atoms with E-state index in [-0.39, 0.29) is 0 Å². The van der Waals surface area contributed by atoms with Gasteiger partial charge in [-0.1, -0.05) is 50.1 Å². The fourth-order valence-corrected chi connectivity index (χ4v) is 5.29. The quantitative estimate of drug-likeness (QED) is 0.499. The molecule has 3 rings (SSSR count). The fourth-order valence-electron chi connectivity index (χ4n) is 5.29. The van der Waals surface area contributed by atoms with Crippen molar-refractivity contribution >= 4 is 0 Å². The molecular formula is C24H35F. The molecule has 2 saturated carbocycles. The summed E-state index contributed by atoms with van der Waals surface area (Å²) in [6, 6.07) is 9.39. The molecule has 0 saturated heterocycles. The average molecular weight is 343 g/mol. The molecule has 0 heterocycles. The third-order valence-corrected chi connectivity index (χ3v) is 7.02. The Bertz CT molecular complexity index is 514. The largest absolute Gasteiger partial charge is 0.216 e. The summed E-state index contributed by atoms with van der Waals surface area (Å²) in [5, 5.41) is 0. The van der Waals surface area contributed by atoms with Crippen LogP contribution in [0.1, 0.15) is 88.2 Å². The van der Waals surface area contributed by atoms with Gasteiger partial charge in [-0.25, -0.2) is 4.39 Å². The lowest BCUT2D eigenvalue weighted by atomic mass is 9.68. The summed E-state index contributed by atoms with van der Waals surface area (Å²) in [7, 11) is 0. The molecule has 0 bridgehead atoms. The van der Waals surface area contributed by atoms with E-state index in [0.717, 1.165) is 36.5 Å². The van der Waals surface area contributed by atoms with E-state index >= 15 is 0 Å². The molecule has 0 radical (unpaired) electrons. The van der Waals surface area contributed by atoms with Crippen LogP contribution in [0.4, 0.5) is 4.39 Å². The molecule has 0 atom stereocenters. The van der Waals surface area contributed by atoms with Crippen molar-refractivity contribution in [1.82, 2.24) is 0 Å². The molecule has 1 aromatic carbocycles. The highest BCUT2D eigenvalue weighted by Gasteiger charge is 2.31. The topological polar surface area (TPSA) is 0 Å². The Labute approximate surface area is 153 Å². The Hall–Kier alpha value is -1.11. The second kappa shape index (κ2) is 9.55. The Balaban J connectivity index is 1.42. The number of aryl methyl sites for hydroxylation is 1. The zero-order valence-electron chi connectivity index (χ0n) is 15.9. The maximum atomic E-state index is 12.1. The SMILES string of the molecule is CCc1ccc(C2CCC(C3CCC(CC/C=C/F)CC3)CC2)cc1. The Morgan fingerprint density at radius 2 is 1.48 bits per heavy atom. The number of rotatable bonds is 6. The van der Waals surface area contributed by atoms with Crippen LogP contribution in [-0.4, -0.2) is 0 Å². The molecule has 0 spiro atoms. The summed E-state index contributed by atoms with van der Waals surface area (Å²) in [5.74, 6) is 3.58. The van der Waals surface area contributed by atoms with E-state index in [4.69, 9.17) is 0 Å². The zero-order chi connectivity index (χ0) is 17.5. The first-order valence-electron chi connectivity index (χ1n) is 10.6. The molecule has 25 heavy (non-hydrogen) atoms. The lowest BCUT2D eigenvalue weighted by molar-refractivity contribution is 0.157. The van der Waals surface area contributed by atoms with E-state index in [0.29, 0.717) is 6.33 Å². The first-order chi connectivity index (χ1) is 12.3. The van der Waals surface area contributed by atoms with Crippen molar-refractivity contribution in [3.05, 3.63) is 47.8 Å². The van der Waals surface area contributed by atoms with Crippen LogP contribution in [0, 0.1) is 17.8 Å². The summed E-state index contributed by atoms with van der Waals surface area (Å²) < 4.78 is 12.1. The second-order valence-corrected chi connectivity index (χ2v) is 8.43. The van der Waals surface area contributed by atoms with Crippen molar-refractivity contribution in [2.45, 2.75) is 83.5 Å². The molecule has 0 aromatic heterocycles. The van der Waals surface area contributed by atoms with Crippen LogP contribution in [0.25, 0.3) is 0 Å². The Kier molecular flexibility index (Phi) is 7.13. The summed E-state index contributed by atoms with van der Waals surface area (Å²) in [6.45, 7) is 2.23. The molecular weight excluding hydrogens is 307 g/mol. The predicted molar refractivity (Wildman–Crippen MR) is 105 cm³/mol. The van der Waals surface area contributed by atoms with Crippen LogP contribution in [0.5, 0.6) is 0 Å². The fraction of sp³-hybridized carbons (Fsp3) is 0.667. The third-order valence-electron chi connectivity index (χ3n) is 7.02. The Morgan fingerprint density at radius 1 is 0.880 bits per heavy atom. The van der Waals surface area contributed by atoms with E-state index in [1.807, 2.05) is 0 Å². The summed E-state index contributed by atoms with van der Waals surface area (Å²) in [6.07, 6.45) is 16.9. The van der Waals surface area contributed by atoms with Gasteiger partial charge in [0.1, 0.15) is 0 Å². The molecule has 0 N–H and O–H groups in total. The van der Waals surface area contributed by atoms with Gasteiger partial charge >= 0.3 is 0 Å². The van der Waals surface area contributed by atoms with Gasteiger partial charge in [-0.15, -0.1) is 0 Å². The lowest BCUT2D eigenvalue weighted by Crippen LogP contribution is -2.25. The molecule has 2 aliphatic carbocycles. The van der Waals surface area contributed by atoms with Gasteiger partial charge in [0.25, 0.3) is 0 Å². The molecule has 0 amide bonds. The predicted octanol–water partition coefficient (Wildman–Crippen LogP) is 7.59. The van der Waals surface area contributed by atoms with Crippen LogP contribution < -0.4 is 0 Å². The maximum absolute atomic E-state index is 12.1. The second-order valence-electron chi connectivity index (χ2n) is 8.43. The van der Waals surface area contributed by atoms with Gasteiger partial charge in [0.2, 0.25) is 0 Å². The maximum Gasteiger partial charge on any atom is 0.0827 e. The minimum atomic E-state index is 0.708.